The number of nitrogens with zero attached hydrogens (tertiary/aromatic N) is 1. The summed E-state index contributed by atoms with van der Waals surface area (Å²) in [6.07, 6.45) is 1.74. The normalized spacial score (nSPS) is 19.2. The van der Waals surface area contributed by atoms with Crippen molar-refractivity contribution in [3.05, 3.63) is 40.8 Å². The first kappa shape index (κ1) is 12.4. The van der Waals surface area contributed by atoms with Gasteiger partial charge >= 0.3 is 5.97 Å². The maximum absolute atomic E-state index is 11.6. The molecule has 1 aliphatic rings. The summed E-state index contributed by atoms with van der Waals surface area (Å²) in [5, 5.41) is 11.3. The lowest BCUT2D eigenvalue weighted by Gasteiger charge is -1.93. The van der Waals surface area contributed by atoms with Crippen molar-refractivity contribution in [2.75, 3.05) is 6.54 Å². The number of aliphatic imine (C=N–C) groups is 1. The molecular weight excluding hydrogens is 252 g/mol. The van der Waals surface area contributed by atoms with Crippen LogP contribution in [0.15, 0.2) is 40.2 Å². The number of amides is 1. The van der Waals surface area contributed by atoms with Gasteiger partial charge in [-0.05, 0) is 23.4 Å². The van der Waals surface area contributed by atoms with E-state index >= 15 is 0 Å². The van der Waals surface area contributed by atoms with Crippen LogP contribution in [0, 0.1) is 0 Å². The molecule has 5 nitrogen and oxygen atoms in total. The highest BCUT2D eigenvalue weighted by atomic mass is 32.2. The van der Waals surface area contributed by atoms with Gasteiger partial charge in [0.15, 0.2) is 5.17 Å². The minimum absolute atomic E-state index is 0.256. The van der Waals surface area contributed by atoms with Gasteiger partial charge in [0.2, 0.25) is 0 Å². The third-order valence-corrected chi connectivity index (χ3v) is 3.05. The van der Waals surface area contributed by atoms with Gasteiger partial charge in [0.05, 0.1) is 4.91 Å². The topological polar surface area (TPSA) is 78.8 Å². The van der Waals surface area contributed by atoms with Gasteiger partial charge < -0.3 is 10.4 Å². The molecule has 1 aromatic carbocycles. The zero-order valence-electron chi connectivity index (χ0n) is 9.29. The fourth-order valence-corrected chi connectivity index (χ4v) is 2.16. The van der Waals surface area contributed by atoms with Gasteiger partial charge in [0.1, 0.15) is 6.54 Å². The Hall–Kier alpha value is -2.08. The standard InChI is InChI=1S/C12H10N2O3S/c15-10(16)7-13-12-14-11(17)9(18-12)6-8-4-2-1-3-5-8/h1-6H,7H2,(H,15,16)(H,13,14,17)/b9-6-. The predicted molar refractivity (Wildman–Crippen MR) is 70.1 cm³/mol. The number of benzene rings is 1. The number of aliphatic carboxylic acids is 1. The Balaban J connectivity index is 2.13. The van der Waals surface area contributed by atoms with Gasteiger partial charge in [0.25, 0.3) is 5.91 Å². The first-order chi connectivity index (χ1) is 8.65. The van der Waals surface area contributed by atoms with E-state index in [2.05, 4.69) is 10.3 Å². The van der Waals surface area contributed by atoms with E-state index < -0.39 is 5.97 Å². The Morgan fingerprint density at radius 1 is 1.39 bits per heavy atom. The number of amidine groups is 1. The average Bonchev–Trinajstić information content (AvgIpc) is 2.69. The van der Waals surface area contributed by atoms with E-state index in [-0.39, 0.29) is 12.5 Å². The smallest absolute Gasteiger partial charge is 0.325 e. The molecule has 0 unspecified atom stereocenters. The fourth-order valence-electron chi connectivity index (χ4n) is 1.34. The van der Waals surface area contributed by atoms with Crippen molar-refractivity contribution < 1.29 is 14.7 Å². The van der Waals surface area contributed by atoms with Crippen LogP contribution in [0.25, 0.3) is 6.08 Å². The van der Waals surface area contributed by atoms with Crippen LogP contribution in [0.2, 0.25) is 0 Å². The second-order valence-electron chi connectivity index (χ2n) is 3.49. The Morgan fingerprint density at radius 3 is 2.78 bits per heavy atom. The molecule has 0 aliphatic carbocycles. The van der Waals surface area contributed by atoms with Crippen molar-refractivity contribution in [3.8, 4) is 0 Å². The SMILES string of the molecule is O=C(O)CN=C1NC(=O)/C(=C/c2ccccc2)S1. The maximum Gasteiger partial charge on any atom is 0.325 e. The minimum atomic E-state index is -1.03. The van der Waals surface area contributed by atoms with Gasteiger partial charge in [-0.25, -0.2) is 0 Å². The van der Waals surface area contributed by atoms with E-state index in [0.717, 1.165) is 17.3 Å². The molecule has 0 saturated carbocycles. The molecule has 92 valence electrons. The van der Waals surface area contributed by atoms with Crippen LogP contribution in [0.1, 0.15) is 5.56 Å². The maximum atomic E-state index is 11.6. The van der Waals surface area contributed by atoms with Crippen LogP contribution < -0.4 is 5.32 Å². The molecule has 0 radical (unpaired) electrons. The minimum Gasteiger partial charge on any atom is -0.480 e. The summed E-state index contributed by atoms with van der Waals surface area (Å²) in [6, 6.07) is 9.41. The molecule has 2 N–H and O–H groups in total. The van der Waals surface area contributed by atoms with Crippen molar-refractivity contribution in [1.82, 2.24) is 5.32 Å². The summed E-state index contributed by atoms with van der Waals surface area (Å²) in [5.74, 6) is -1.29. The molecule has 0 spiro atoms. The van der Waals surface area contributed by atoms with Crippen molar-refractivity contribution in [3.63, 3.8) is 0 Å². The zero-order valence-corrected chi connectivity index (χ0v) is 10.1. The van der Waals surface area contributed by atoms with E-state index in [1.807, 2.05) is 30.3 Å². The number of carboxylic acid groups (broad SMARTS) is 1. The van der Waals surface area contributed by atoms with E-state index in [9.17, 15) is 9.59 Å². The zero-order chi connectivity index (χ0) is 13.0. The highest BCUT2D eigenvalue weighted by molar-refractivity contribution is 8.18. The Kier molecular flexibility index (Phi) is 3.78. The van der Waals surface area contributed by atoms with E-state index in [4.69, 9.17) is 5.11 Å². The van der Waals surface area contributed by atoms with Crippen molar-refractivity contribution in [1.29, 1.82) is 0 Å². The molecule has 0 bridgehead atoms. The lowest BCUT2D eigenvalue weighted by Crippen LogP contribution is -2.20. The number of carbonyl (C=O) groups excluding carboxylic acids is 1. The van der Waals surface area contributed by atoms with Crippen molar-refractivity contribution >= 4 is 34.9 Å². The second-order valence-corrected chi connectivity index (χ2v) is 4.52. The fraction of sp³-hybridized carbons (Fsp3) is 0.0833. The third-order valence-electron chi connectivity index (χ3n) is 2.11. The lowest BCUT2D eigenvalue weighted by molar-refractivity contribution is -0.135. The summed E-state index contributed by atoms with van der Waals surface area (Å²) in [4.78, 5) is 26.2. The second kappa shape index (κ2) is 5.50. The first-order valence-corrected chi connectivity index (χ1v) is 5.99. The molecule has 1 amide bonds. The van der Waals surface area contributed by atoms with Gasteiger partial charge in [-0.15, -0.1) is 0 Å². The largest absolute Gasteiger partial charge is 0.480 e. The number of hydrogen-bond donors (Lipinski definition) is 2. The number of hydrogen-bond acceptors (Lipinski definition) is 4. The van der Waals surface area contributed by atoms with Crippen LogP contribution >= 0.6 is 11.8 Å². The third kappa shape index (κ3) is 3.21. The monoisotopic (exact) mass is 262 g/mol. The average molecular weight is 262 g/mol. The van der Waals surface area contributed by atoms with Crippen LogP contribution in [0.5, 0.6) is 0 Å². The van der Waals surface area contributed by atoms with Crippen LogP contribution in [-0.2, 0) is 9.59 Å². The predicted octanol–water partition coefficient (Wildman–Crippen LogP) is 1.33. The number of carbonyl (C=O) groups is 2. The Morgan fingerprint density at radius 2 is 2.11 bits per heavy atom. The van der Waals surface area contributed by atoms with Crippen LogP contribution in [0.3, 0.4) is 0 Å². The number of nitrogens with one attached hydrogen (secondary N) is 1. The quantitative estimate of drug-likeness (QED) is 0.805. The molecule has 0 aromatic heterocycles. The summed E-state index contributed by atoms with van der Waals surface area (Å²) in [6.45, 7) is -0.346. The summed E-state index contributed by atoms with van der Waals surface area (Å²) >= 11 is 1.14. The molecule has 18 heavy (non-hydrogen) atoms. The molecule has 0 atom stereocenters. The van der Waals surface area contributed by atoms with Crippen molar-refractivity contribution in [2.24, 2.45) is 4.99 Å². The van der Waals surface area contributed by atoms with E-state index in [1.54, 1.807) is 6.08 Å². The van der Waals surface area contributed by atoms with E-state index in [0.29, 0.717) is 10.1 Å². The first-order valence-electron chi connectivity index (χ1n) is 5.17. The highest BCUT2D eigenvalue weighted by Gasteiger charge is 2.23. The highest BCUT2D eigenvalue weighted by Crippen LogP contribution is 2.25. The van der Waals surface area contributed by atoms with Gasteiger partial charge in [-0.2, -0.15) is 0 Å². The molecule has 1 aliphatic heterocycles. The van der Waals surface area contributed by atoms with Gasteiger partial charge in [-0.1, -0.05) is 30.3 Å². The summed E-state index contributed by atoms with van der Waals surface area (Å²) in [7, 11) is 0. The molecule has 6 heteroatoms. The molecule has 2 rings (SSSR count). The van der Waals surface area contributed by atoms with Gasteiger partial charge in [0, 0.05) is 0 Å². The van der Waals surface area contributed by atoms with Gasteiger partial charge in [-0.3, -0.25) is 14.6 Å². The molecule has 1 saturated heterocycles. The Bertz CT molecular complexity index is 538. The van der Waals surface area contributed by atoms with Crippen LogP contribution in [0.4, 0.5) is 0 Å². The number of carboxylic acids is 1. The number of rotatable bonds is 3. The molecule has 1 heterocycles. The summed E-state index contributed by atoms with van der Waals surface area (Å²) in [5.41, 5.74) is 0.912. The summed E-state index contributed by atoms with van der Waals surface area (Å²) < 4.78 is 0. The molecule has 1 aromatic rings. The number of thioether (sulfide) groups is 1. The Labute approximate surface area is 108 Å². The lowest BCUT2D eigenvalue weighted by atomic mass is 10.2. The van der Waals surface area contributed by atoms with Crippen LogP contribution in [-0.4, -0.2) is 28.7 Å². The van der Waals surface area contributed by atoms with Crippen molar-refractivity contribution in [2.45, 2.75) is 0 Å². The van der Waals surface area contributed by atoms with E-state index in [1.165, 1.54) is 0 Å². The molecule has 1 fully saturated rings. The molecular formula is C12H10N2O3S.